The smallest absolute Gasteiger partial charge is 0.257 e. The molecule has 0 saturated heterocycles. The number of halogens is 1. The number of amidine groups is 1. The van der Waals surface area contributed by atoms with Crippen molar-refractivity contribution in [2.45, 2.75) is 26.8 Å². The number of nitrogens with zero attached hydrogens (tertiary/aromatic N) is 3. The number of benzene rings is 1. The summed E-state index contributed by atoms with van der Waals surface area (Å²) in [5.41, 5.74) is 3.91. The van der Waals surface area contributed by atoms with Crippen LogP contribution in [0.2, 0.25) is 5.02 Å². The number of fused-ring (bicyclic) bond motifs is 2. The molecule has 0 fully saturated rings. The van der Waals surface area contributed by atoms with Gasteiger partial charge in [0, 0.05) is 36.1 Å². The van der Waals surface area contributed by atoms with E-state index in [1.165, 1.54) is 5.30 Å². The normalized spacial score (nSPS) is 16.6. The molecule has 0 radical (unpaired) electrons. The predicted molar refractivity (Wildman–Crippen MR) is 86.8 cm³/mol. The summed E-state index contributed by atoms with van der Waals surface area (Å²) >= 11 is 6.33. The predicted octanol–water partition coefficient (Wildman–Crippen LogP) is 3.01. The van der Waals surface area contributed by atoms with E-state index in [4.69, 9.17) is 21.0 Å². The molecule has 0 bridgehead atoms. The Morgan fingerprint density at radius 2 is 2.23 bits per heavy atom. The zero-order valence-electron chi connectivity index (χ0n) is 12.1. The van der Waals surface area contributed by atoms with Crippen molar-refractivity contribution in [3.8, 4) is 0 Å². The van der Waals surface area contributed by atoms with Crippen LogP contribution in [0.3, 0.4) is 0 Å². The highest BCUT2D eigenvalue weighted by Gasteiger charge is 2.31. The average molecular weight is 334 g/mol. The Labute approximate surface area is 134 Å². The number of oxime groups is 1. The van der Waals surface area contributed by atoms with Crippen LogP contribution < -0.4 is 5.30 Å². The molecule has 0 atom stereocenters. The molecule has 2 aliphatic rings. The van der Waals surface area contributed by atoms with Gasteiger partial charge in [-0.1, -0.05) is 28.0 Å². The first-order chi connectivity index (χ1) is 10.6. The summed E-state index contributed by atoms with van der Waals surface area (Å²) in [7, 11) is 0.991. The van der Waals surface area contributed by atoms with Gasteiger partial charge in [-0.2, -0.15) is 0 Å². The van der Waals surface area contributed by atoms with Gasteiger partial charge < -0.3 is 9.36 Å². The highest BCUT2D eigenvalue weighted by atomic mass is 35.5. The summed E-state index contributed by atoms with van der Waals surface area (Å²) < 4.78 is 5.22. The summed E-state index contributed by atoms with van der Waals surface area (Å²) in [4.78, 5) is 7.60. The molecule has 5 nitrogen and oxygen atoms in total. The molecule has 0 spiro atoms. The van der Waals surface area contributed by atoms with E-state index in [1.54, 1.807) is 0 Å². The van der Waals surface area contributed by atoms with Gasteiger partial charge in [-0.25, -0.2) is 0 Å². The van der Waals surface area contributed by atoms with E-state index in [9.17, 15) is 0 Å². The molecule has 1 aromatic heterocycles. The highest BCUT2D eigenvalue weighted by molar-refractivity contribution is 7.48. The van der Waals surface area contributed by atoms with Gasteiger partial charge in [-0.05, 0) is 26.0 Å². The standard InChI is InChI=1S/C15H13ClN3O2P/c1-8-10(9(2)20-17-8)6-14-18-21-15-19(14)7-11-12(16)4-3-5-13(11)22-15/h3-5H,6-7H2,1-2H3. The molecule has 2 aliphatic heterocycles. The lowest BCUT2D eigenvalue weighted by atomic mass is 10.1. The molecule has 22 heavy (non-hydrogen) atoms. The molecule has 4 rings (SSSR count). The molecule has 2 aromatic rings. The van der Waals surface area contributed by atoms with E-state index in [0.717, 1.165) is 47.2 Å². The molecule has 3 heterocycles. The Kier molecular flexibility index (Phi) is 3.21. The minimum Gasteiger partial charge on any atom is -0.361 e. The van der Waals surface area contributed by atoms with Crippen LogP contribution in [-0.2, 0) is 17.8 Å². The third kappa shape index (κ3) is 2.13. The maximum Gasteiger partial charge on any atom is 0.257 e. The molecular formula is C15H13ClN3O2P. The van der Waals surface area contributed by atoms with Gasteiger partial charge in [0.2, 0.25) is 0 Å². The van der Waals surface area contributed by atoms with Crippen molar-refractivity contribution >= 4 is 36.5 Å². The molecule has 0 amide bonds. The average Bonchev–Trinajstić information content (AvgIpc) is 3.04. The SMILES string of the molecule is Cc1noc(C)c1CC1=NOC2=Pc3cccc(Cl)c3CN12. The van der Waals surface area contributed by atoms with Gasteiger partial charge in [0.25, 0.3) is 5.60 Å². The molecule has 112 valence electrons. The maximum atomic E-state index is 6.33. The molecule has 0 N–H and O–H groups in total. The van der Waals surface area contributed by atoms with Gasteiger partial charge in [0.1, 0.15) is 5.76 Å². The van der Waals surface area contributed by atoms with Crippen LogP contribution in [0.25, 0.3) is 0 Å². The molecule has 0 aliphatic carbocycles. The van der Waals surface area contributed by atoms with Gasteiger partial charge in [-0.15, -0.1) is 0 Å². The Morgan fingerprint density at radius 1 is 1.36 bits per heavy atom. The second kappa shape index (κ2) is 5.11. The highest BCUT2D eigenvalue weighted by Crippen LogP contribution is 2.29. The third-order valence-electron chi connectivity index (χ3n) is 3.92. The largest absolute Gasteiger partial charge is 0.361 e. The fourth-order valence-electron chi connectivity index (χ4n) is 2.65. The van der Waals surface area contributed by atoms with Crippen molar-refractivity contribution < 1.29 is 9.36 Å². The Morgan fingerprint density at radius 3 is 3.00 bits per heavy atom. The van der Waals surface area contributed by atoms with E-state index in [1.807, 2.05) is 26.0 Å². The lowest BCUT2D eigenvalue weighted by Gasteiger charge is -2.24. The third-order valence-corrected chi connectivity index (χ3v) is 5.45. The number of aromatic nitrogens is 1. The molecule has 7 heteroatoms. The van der Waals surface area contributed by atoms with Gasteiger partial charge in [0.05, 0.1) is 12.2 Å². The van der Waals surface area contributed by atoms with Crippen molar-refractivity contribution in [1.29, 1.82) is 0 Å². The topological polar surface area (TPSA) is 50.9 Å². The molecule has 1 aromatic carbocycles. The summed E-state index contributed by atoms with van der Waals surface area (Å²) in [5.74, 6) is 1.68. The monoisotopic (exact) mass is 333 g/mol. The van der Waals surface area contributed by atoms with Crippen molar-refractivity contribution in [1.82, 2.24) is 10.1 Å². The Hall–Kier alpha value is -1.84. The zero-order valence-corrected chi connectivity index (χ0v) is 13.8. The van der Waals surface area contributed by atoms with E-state index in [-0.39, 0.29) is 0 Å². The van der Waals surface area contributed by atoms with Crippen molar-refractivity contribution in [2.24, 2.45) is 5.16 Å². The lowest BCUT2D eigenvalue weighted by molar-refractivity contribution is 0.327. The van der Waals surface area contributed by atoms with E-state index < -0.39 is 0 Å². The minimum atomic E-state index is 0.639. The lowest BCUT2D eigenvalue weighted by Crippen LogP contribution is -2.36. The maximum absolute atomic E-state index is 6.33. The second-order valence-electron chi connectivity index (χ2n) is 5.30. The molecule has 0 unspecified atom stereocenters. The fourth-order valence-corrected chi connectivity index (χ4v) is 4.03. The summed E-state index contributed by atoms with van der Waals surface area (Å²) in [6, 6.07) is 5.96. The molecular weight excluding hydrogens is 321 g/mol. The van der Waals surface area contributed by atoms with Crippen LogP contribution in [0.4, 0.5) is 0 Å². The Bertz CT molecular complexity index is 809. The van der Waals surface area contributed by atoms with E-state index in [2.05, 4.69) is 21.3 Å². The first-order valence-corrected chi connectivity index (χ1v) is 8.20. The number of hydrogen-bond donors (Lipinski definition) is 0. The van der Waals surface area contributed by atoms with Crippen LogP contribution >= 0.6 is 19.8 Å². The number of rotatable bonds is 2. The van der Waals surface area contributed by atoms with Crippen molar-refractivity contribution in [3.63, 3.8) is 0 Å². The first-order valence-electron chi connectivity index (χ1n) is 6.92. The van der Waals surface area contributed by atoms with Gasteiger partial charge in [0.15, 0.2) is 5.84 Å². The number of aryl methyl sites for hydroxylation is 2. The van der Waals surface area contributed by atoms with Gasteiger partial charge >= 0.3 is 0 Å². The fraction of sp³-hybridized carbons (Fsp3) is 0.267. The minimum absolute atomic E-state index is 0.639. The molecule has 0 saturated carbocycles. The van der Waals surface area contributed by atoms with Crippen molar-refractivity contribution in [2.75, 3.05) is 0 Å². The van der Waals surface area contributed by atoms with Crippen LogP contribution in [0.5, 0.6) is 0 Å². The van der Waals surface area contributed by atoms with E-state index >= 15 is 0 Å². The Balaban J connectivity index is 1.66. The van der Waals surface area contributed by atoms with Crippen LogP contribution in [-0.4, -0.2) is 21.5 Å². The van der Waals surface area contributed by atoms with Crippen molar-refractivity contribution in [3.05, 3.63) is 45.8 Å². The quantitative estimate of drug-likeness (QED) is 0.793. The summed E-state index contributed by atoms with van der Waals surface area (Å²) in [5, 5.41) is 10.2. The van der Waals surface area contributed by atoms with Crippen LogP contribution in [0.15, 0.2) is 27.9 Å². The summed E-state index contributed by atoms with van der Waals surface area (Å²) in [6.07, 6.45) is 0.639. The van der Waals surface area contributed by atoms with Crippen LogP contribution in [0, 0.1) is 13.8 Å². The van der Waals surface area contributed by atoms with Gasteiger partial charge in [-0.3, -0.25) is 4.90 Å². The number of hydrogen-bond acceptors (Lipinski definition) is 5. The zero-order chi connectivity index (χ0) is 15.3. The van der Waals surface area contributed by atoms with E-state index in [0.29, 0.717) is 13.0 Å². The summed E-state index contributed by atoms with van der Waals surface area (Å²) in [6.45, 7) is 4.53. The van der Waals surface area contributed by atoms with Crippen LogP contribution in [0.1, 0.15) is 22.6 Å². The second-order valence-corrected chi connectivity index (χ2v) is 6.79. The first kappa shape index (κ1) is 13.8.